The van der Waals surface area contributed by atoms with E-state index >= 15 is 0 Å². The van der Waals surface area contributed by atoms with E-state index in [9.17, 15) is 0 Å². The van der Waals surface area contributed by atoms with Gasteiger partial charge in [-0.15, -0.1) is 12.4 Å². The van der Waals surface area contributed by atoms with E-state index in [1.54, 1.807) is 0 Å². The first-order valence-corrected chi connectivity index (χ1v) is 7.17. The molecule has 19 heavy (non-hydrogen) atoms. The first kappa shape index (κ1) is 16.6. The quantitative estimate of drug-likeness (QED) is 0.897. The molecule has 0 aliphatic carbocycles. The monoisotopic (exact) mass is 303 g/mol. The molecule has 0 radical (unpaired) electrons. The van der Waals surface area contributed by atoms with E-state index in [2.05, 4.69) is 25.2 Å². The maximum absolute atomic E-state index is 6.25. The Morgan fingerprint density at radius 1 is 1.32 bits per heavy atom. The molecule has 0 spiro atoms. The first-order valence-electron chi connectivity index (χ1n) is 6.80. The summed E-state index contributed by atoms with van der Waals surface area (Å²) in [5.74, 6) is 1.98. The highest BCUT2D eigenvalue weighted by Crippen LogP contribution is 2.29. The van der Waals surface area contributed by atoms with Crippen molar-refractivity contribution in [3.63, 3.8) is 0 Å². The molecule has 1 saturated heterocycles. The van der Waals surface area contributed by atoms with Gasteiger partial charge in [0.1, 0.15) is 5.75 Å². The van der Waals surface area contributed by atoms with Crippen LogP contribution < -0.4 is 10.1 Å². The van der Waals surface area contributed by atoms with Crippen LogP contribution in [0.2, 0.25) is 5.02 Å². The number of halogens is 2. The number of hydrogen-bond donors (Lipinski definition) is 1. The van der Waals surface area contributed by atoms with E-state index < -0.39 is 0 Å². The second kappa shape index (κ2) is 7.98. The van der Waals surface area contributed by atoms with Gasteiger partial charge in [-0.3, -0.25) is 0 Å². The molecule has 108 valence electrons. The zero-order valence-corrected chi connectivity index (χ0v) is 13.2. The molecule has 4 heteroatoms. The molecule has 1 aromatic rings. The standard InChI is InChI=1S/C15H22ClNO.ClH/c1-11(2)13-3-4-15(14(16)9-13)18-10-12-5-7-17-8-6-12;/h3-4,9,11-12,17H,5-8,10H2,1-2H3;1H. The van der Waals surface area contributed by atoms with E-state index in [0.717, 1.165) is 30.5 Å². The largest absolute Gasteiger partial charge is 0.492 e. The van der Waals surface area contributed by atoms with Crippen molar-refractivity contribution in [1.82, 2.24) is 5.32 Å². The molecule has 0 saturated carbocycles. The summed E-state index contributed by atoms with van der Waals surface area (Å²) in [6, 6.07) is 6.12. The summed E-state index contributed by atoms with van der Waals surface area (Å²) in [5.41, 5.74) is 1.26. The van der Waals surface area contributed by atoms with Gasteiger partial charge in [0, 0.05) is 0 Å². The second-order valence-corrected chi connectivity index (χ2v) is 5.76. The topological polar surface area (TPSA) is 21.3 Å². The molecular formula is C15H23Cl2NO. The zero-order chi connectivity index (χ0) is 13.0. The predicted octanol–water partition coefficient (Wildman–Crippen LogP) is 4.26. The molecule has 0 atom stereocenters. The smallest absolute Gasteiger partial charge is 0.137 e. The summed E-state index contributed by atoms with van der Waals surface area (Å²) in [5, 5.41) is 4.09. The van der Waals surface area contributed by atoms with Gasteiger partial charge in [-0.25, -0.2) is 0 Å². The Kier molecular flexibility index (Phi) is 6.98. The summed E-state index contributed by atoms with van der Waals surface area (Å²) in [6.45, 7) is 7.33. The van der Waals surface area contributed by atoms with E-state index in [4.69, 9.17) is 16.3 Å². The Balaban J connectivity index is 0.00000180. The Labute approximate surface area is 127 Å². The van der Waals surface area contributed by atoms with Gasteiger partial charge in [0.15, 0.2) is 0 Å². The highest BCUT2D eigenvalue weighted by molar-refractivity contribution is 6.32. The normalized spacial score (nSPS) is 16.2. The van der Waals surface area contributed by atoms with Crippen LogP contribution in [-0.4, -0.2) is 19.7 Å². The third-order valence-corrected chi connectivity index (χ3v) is 3.85. The van der Waals surface area contributed by atoms with Gasteiger partial charge in [0.25, 0.3) is 0 Å². The second-order valence-electron chi connectivity index (χ2n) is 5.35. The summed E-state index contributed by atoms with van der Waals surface area (Å²) in [4.78, 5) is 0. The molecule has 1 aliphatic heterocycles. The summed E-state index contributed by atoms with van der Waals surface area (Å²) in [6.07, 6.45) is 2.39. The average molecular weight is 304 g/mol. The van der Waals surface area contributed by atoms with Crippen LogP contribution in [0.25, 0.3) is 0 Å². The Hall–Kier alpha value is -0.440. The maximum Gasteiger partial charge on any atom is 0.137 e. The summed E-state index contributed by atoms with van der Waals surface area (Å²) >= 11 is 6.25. The lowest BCUT2D eigenvalue weighted by atomic mass is 9.99. The van der Waals surface area contributed by atoms with Crippen LogP contribution in [0.3, 0.4) is 0 Å². The molecule has 1 fully saturated rings. The van der Waals surface area contributed by atoms with Gasteiger partial charge in [-0.2, -0.15) is 0 Å². The van der Waals surface area contributed by atoms with Gasteiger partial charge in [0.05, 0.1) is 11.6 Å². The molecule has 0 unspecified atom stereocenters. The van der Waals surface area contributed by atoms with Crippen molar-refractivity contribution in [2.45, 2.75) is 32.6 Å². The van der Waals surface area contributed by atoms with Crippen molar-refractivity contribution in [1.29, 1.82) is 0 Å². The minimum absolute atomic E-state index is 0. The lowest BCUT2D eigenvalue weighted by molar-refractivity contribution is 0.215. The Morgan fingerprint density at radius 2 is 2.00 bits per heavy atom. The van der Waals surface area contributed by atoms with Gasteiger partial charge in [-0.05, 0) is 55.5 Å². The summed E-state index contributed by atoms with van der Waals surface area (Å²) in [7, 11) is 0. The van der Waals surface area contributed by atoms with Crippen molar-refractivity contribution in [2.75, 3.05) is 19.7 Å². The average Bonchev–Trinajstić information content (AvgIpc) is 2.38. The number of ether oxygens (including phenoxy) is 1. The van der Waals surface area contributed by atoms with Crippen LogP contribution in [0.5, 0.6) is 5.75 Å². The zero-order valence-electron chi connectivity index (χ0n) is 11.6. The number of hydrogen-bond acceptors (Lipinski definition) is 2. The fourth-order valence-corrected chi connectivity index (χ4v) is 2.49. The van der Waals surface area contributed by atoms with Crippen molar-refractivity contribution >= 4 is 24.0 Å². The van der Waals surface area contributed by atoms with E-state index in [1.807, 2.05) is 12.1 Å². The number of nitrogens with one attached hydrogen (secondary N) is 1. The van der Waals surface area contributed by atoms with Gasteiger partial charge >= 0.3 is 0 Å². The highest BCUT2D eigenvalue weighted by Gasteiger charge is 2.14. The molecule has 2 nitrogen and oxygen atoms in total. The minimum Gasteiger partial charge on any atom is -0.492 e. The van der Waals surface area contributed by atoms with Crippen molar-refractivity contribution in [2.24, 2.45) is 5.92 Å². The van der Waals surface area contributed by atoms with E-state index in [-0.39, 0.29) is 12.4 Å². The van der Waals surface area contributed by atoms with E-state index in [0.29, 0.717) is 11.8 Å². The SMILES string of the molecule is CC(C)c1ccc(OCC2CCNCC2)c(Cl)c1.Cl. The van der Waals surface area contributed by atoms with Crippen LogP contribution in [0.4, 0.5) is 0 Å². The maximum atomic E-state index is 6.25. The van der Waals surface area contributed by atoms with E-state index in [1.165, 1.54) is 18.4 Å². The number of rotatable bonds is 4. The van der Waals surface area contributed by atoms with Crippen molar-refractivity contribution in [3.05, 3.63) is 28.8 Å². The number of piperidine rings is 1. The molecule has 1 aliphatic rings. The molecule has 0 amide bonds. The first-order chi connectivity index (χ1) is 8.66. The Morgan fingerprint density at radius 3 is 2.58 bits per heavy atom. The molecule has 2 rings (SSSR count). The fraction of sp³-hybridized carbons (Fsp3) is 0.600. The molecule has 0 aromatic heterocycles. The third kappa shape index (κ3) is 4.87. The van der Waals surface area contributed by atoms with Gasteiger partial charge in [0.2, 0.25) is 0 Å². The number of benzene rings is 1. The van der Waals surface area contributed by atoms with Gasteiger partial charge < -0.3 is 10.1 Å². The predicted molar refractivity (Wildman–Crippen MR) is 83.9 cm³/mol. The molecular weight excluding hydrogens is 281 g/mol. The van der Waals surface area contributed by atoms with Crippen LogP contribution in [0.15, 0.2) is 18.2 Å². The van der Waals surface area contributed by atoms with Crippen molar-refractivity contribution in [3.8, 4) is 5.75 Å². The van der Waals surface area contributed by atoms with Crippen LogP contribution in [0, 0.1) is 5.92 Å². The van der Waals surface area contributed by atoms with Gasteiger partial charge in [-0.1, -0.05) is 31.5 Å². The Bertz CT molecular complexity index is 390. The molecule has 1 N–H and O–H groups in total. The summed E-state index contributed by atoms with van der Waals surface area (Å²) < 4.78 is 5.85. The van der Waals surface area contributed by atoms with Crippen LogP contribution >= 0.6 is 24.0 Å². The molecule has 1 aromatic carbocycles. The highest BCUT2D eigenvalue weighted by atomic mass is 35.5. The van der Waals surface area contributed by atoms with Crippen LogP contribution in [0.1, 0.15) is 38.2 Å². The molecule has 0 bridgehead atoms. The minimum atomic E-state index is 0. The van der Waals surface area contributed by atoms with Crippen LogP contribution in [-0.2, 0) is 0 Å². The third-order valence-electron chi connectivity index (χ3n) is 3.56. The van der Waals surface area contributed by atoms with Crippen molar-refractivity contribution < 1.29 is 4.74 Å². The lowest BCUT2D eigenvalue weighted by Gasteiger charge is -2.23. The fourth-order valence-electron chi connectivity index (χ4n) is 2.25. The molecule has 1 heterocycles. The lowest BCUT2D eigenvalue weighted by Crippen LogP contribution is -2.30.